The van der Waals surface area contributed by atoms with Crippen molar-refractivity contribution < 1.29 is 78.0 Å². The molecule has 0 aliphatic carbocycles. The van der Waals surface area contributed by atoms with Gasteiger partial charge in [0.2, 0.25) is 59.1 Å². The van der Waals surface area contributed by atoms with Crippen LogP contribution in [0.5, 0.6) is 0 Å². The van der Waals surface area contributed by atoms with Crippen molar-refractivity contribution in [2.24, 2.45) is 17.4 Å². The van der Waals surface area contributed by atoms with Crippen LogP contribution in [0.15, 0.2) is 0 Å². The van der Waals surface area contributed by atoms with Crippen molar-refractivity contribution in [3.05, 3.63) is 0 Å². The number of nitrogens with zero attached hydrogens (tertiary/aromatic N) is 1. The highest BCUT2D eigenvalue weighted by Crippen LogP contribution is 2.18. The quantitative estimate of drug-likeness (QED) is 0.0297. The summed E-state index contributed by atoms with van der Waals surface area (Å²) >= 11 is 0. The van der Waals surface area contributed by atoms with E-state index in [0.29, 0.717) is 25.8 Å². The number of carboxylic acid groups (broad SMARTS) is 2. The smallest absolute Gasteiger partial charge is 0.326 e. The Hall–Kier alpha value is -6.52. The molecule has 0 spiro atoms. The number of nitrogens with two attached hydrogens (primary N) is 2. The zero-order valence-electron chi connectivity index (χ0n) is 39.7. The predicted molar refractivity (Wildman–Crippen MR) is 243 cm³/mol. The molecule has 10 amide bonds. The molecule has 17 N–H and O–H groups in total. The minimum Gasteiger partial charge on any atom is -0.481 e. The third-order valence-corrected chi connectivity index (χ3v) is 11.2. The van der Waals surface area contributed by atoms with Crippen LogP contribution in [0.3, 0.4) is 0 Å². The van der Waals surface area contributed by atoms with Crippen molar-refractivity contribution >= 4 is 71.0 Å². The lowest BCUT2D eigenvalue weighted by atomic mass is 10.0. The standard InChI is InChI=1S/C42H70N12O16/c1-20(2)14-27(38(65)48-21(3)35(62)47-19-32(59)54-13-7-9-29(54)40(67)50-25(42(69)70)8-5-6-12-43)52-41(68)34(22(4)55)53-39(66)28(16-33(60)61)51-37(64)24(10-11-30(44)57)49-31(58)18-46-36(63)26-15-23(56)17-45-26/h20-29,34,45,55-56H,5-19,43H2,1-4H3,(H2,44,57)(H,46,63)(H,47,62)(H,48,65)(H,49,58)(H,50,67)(H,51,64)(H,52,68)(H,53,66)(H,60,61)(H,69,70)/t21-,22?,23+,24-,25-,26-,27-,28-,29-,34-/m0/s1. The maximum absolute atomic E-state index is 13.6. The normalized spacial score (nSPS) is 19.4. The Morgan fingerprint density at radius 2 is 1.36 bits per heavy atom. The van der Waals surface area contributed by atoms with Crippen LogP contribution < -0.4 is 59.3 Å². The first kappa shape index (κ1) is 59.6. The minimum atomic E-state index is -1.96. The molecule has 0 aromatic carbocycles. The third-order valence-electron chi connectivity index (χ3n) is 11.2. The summed E-state index contributed by atoms with van der Waals surface area (Å²) in [5.41, 5.74) is 10.7. The fourth-order valence-corrected chi connectivity index (χ4v) is 7.44. The third kappa shape index (κ3) is 20.6. The lowest BCUT2D eigenvalue weighted by Gasteiger charge is -2.28. The molecular weight excluding hydrogens is 929 g/mol. The van der Waals surface area contributed by atoms with Gasteiger partial charge in [-0.25, -0.2) is 4.79 Å². The summed E-state index contributed by atoms with van der Waals surface area (Å²) in [5.74, 6) is -12.2. The van der Waals surface area contributed by atoms with E-state index in [9.17, 15) is 78.0 Å². The van der Waals surface area contributed by atoms with Crippen molar-refractivity contribution in [2.75, 3.05) is 32.7 Å². The van der Waals surface area contributed by atoms with Crippen LogP contribution in [0.4, 0.5) is 0 Å². The molecule has 28 heteroatoms. The average Bonchev–Trinajstić information content (AvgIpc) is 3.96. The first-order valence-electron chi connectivity index (χ1n) is 23.0. The number of rotatable bonds is 30. The van der Waals surface area contributed by atoms with E-state index in [1.165, 1.54) is 11.8 Å². The van der Waals surface area contributed by atoms with E-state index in [-0.39, 0.29) is 44.7 Å². The lowest BCUT2D eigenvalue weighted by Crippen LogP contribution is -2.61. The van der Waals surface area contributed by atoms with Gasteiger partial charge in [-0.2, -0.15) is 0 Å². The van der Waals surface area contributed by atoms with Crippen LogP contribution >= 0.6 is 0 Å². The Morgan fingerprint density at radius 3 is 1.93 bits per heavy atom. The number of β-amino-alcohol motifs (C(OH)–C–C–N with tert-alkyl or cyclic N) is 1. The highest BCUT2D eigenvalue weighted by atomic mass is 16.4. The SMILES string of the molecule is CC(C)C[C@H](NC(=O)[C@@H](NC(=O)[C@H](CC(=O)O)NC(=O)[C@H](CCC(N)=O)NC(=O)CNC(=O)[C@@H]1C[C@@H](O)CN1)C(C)O)C(=O)N[C@@H](C)C(=O)NCC(=O)N1CCC[C@H]1C(=O)N[C@@H](CCCCN)C(=O)O. The van der Waals surface area contributed by atoms with Crippen LogP contribution in [-0.2, 0) is 57.5 Å². The van der Waals surface area contributed by atoms with Crippen molar-refractivity contribution in [1.82, 2.24) is 52.8 Å². The van der Waals surface area contributed by atoms with Crippen LogP contribution in [-0.4, -0.2) is 190 Å². The number of likely N-dealkylation sites (tertiary alicyclic amines) is 1. The molecule has 2 heterocycles. The maximum atomic E-state index is 13.6. The fraction of sp³-hybridized carbons (Fsp3) is 0.714. The molecule has 0 radical (unpaired) electrons. The number of unbranched alkanes of at least 4 members (excludes halogenated alkanes) is 1. The van der Waals surface area contributed by atoms with Gasteiger partial charge in [-0.1, -0.05) is 13.8 Å². The number of amides is 10. The van der Waals surface area contributed by atoms with Crippen LogP contribution in [0.2, 0.25) is 0 Å². The number of aliphatic carboxylic acids is 2. The summed E-state index contributed by atoms with van der Waals surface area (Å²) in [6.07, 6.45) is -2.54. The van der Waals surface area contributed by atoms with Gasteiger partial charge in [-0.05, 0) is 77.7 Å². The van der Waals surface area contributed by atoms with Gasteiger partial charge in [-0.15, -0.1) is 0 Å². The van der Waals surface area contributed by atoms with Crippen molar-refractivity contribution in [2.45, 2.75) is 152 Å². The van der Waals surface area contributed by atoms with Crippen LogP contribution in [0, 0.1) is 5.92 Å². The number of carboxylic acids is 2. The van der Waals surface area contributed by atoms with Gasteiger partial charge < -0.3 is 84.6 Å². The Kier molecular flexibility index (Phi) is 25.1. The number of nitrogens with one attached hydrogen (secondary N) is 9. The number of carbonyl (C=O) groups excluding carboxylic acids is 10. The van der Waals surface area contributed by atoms with E-state index in [1.807, 2.05) is 0 Å². The molecule has 0 saturated carbocycles. The second kappa shape index (κ2) is 29.5. The molecule has 10 atom stereocenters. The largest absolute Gasteiger partial charge is 0.481 e. The summed E-state index contributed by atoms with van der Waals surface area (Å²) in [6, 6.07) is -11.1. The van der Waals surface area contributed by atoms with Gasteiger partial charge in [0, 0.05) is 19.5 Å². The minimum absolute atomic E-state index is 0.0422. The number of carbonyl (C=O) groups is 12. The Morgan fingerprint density at radius 1 is 0.714 bits per heavy atom. The Labute approximate surface area is 403 Å². The molecule has 2 saturated heterocycles. The highest BCUT2D eigenvalue weighted by molar-refractivity contribution is 5.98. The highest BCUT2D eigenvalue weighted by Gasteiger charge is 2.38. The van der Waals surface area contributed by atoms with Crippen molar-refractivity contribution in [3.8, 4) is 0 Å². The summed E-state index contributed by atoms with van der Waals surface area (Å²) in [4.78, 5) is 155. The summed E-state index contributed by atoms with van der Waals surface area (Å²) in [6.45, 7) is 5.21. The Balaban J connectivity index is 2.10. The van der Waals surface area contributed by atoms with E-state index in [2.05, 4.69) is 47.9 Å². The maximum Gasteiger partial charge on any atom is 0.326 e. The topological polar surface area (TPSA) is 449 Å². The first-order valence-corrected chi connectivity index (χ1v) is 23.0. The number of aliphatic hydroxyl groups is 2. The Bertz CT molecular complexity index is 1900. The molecule has 2 rings (SSSR count). The molecule has 1 unspecified atom stereocenters. The molecule has 0 bridgehead atoms. The van der Waals surface area contributed by atoms with Gasteiger partial charge in [0.05, 0.1) is 37.8 Å². The fourth-order valence-electron chi connectivity index (χ4n) is 7.44. The van der Waals surface area contributed by atoms with Crippen LogP contribution in [0.25, 0.3) is 0 Å². The summed E-state index contributed by atoms with van der Waals surface area (Å²) in [5, 5.41) is 60.7. The van der Waals surface area contributed by atoms with E-state index in [1.54, 1.807) is 13.8 Å². The van der Waals surface area contributed by atoms with Gasteiger partial charge in [0.25, 0.3) is 0 Å². The molecule has 2 aliphatic heterocycles. The zero-order chi connectivity index (χ0) is 52.8. The lowest BCUT2D eigenvalue weighted by molar-refractivity contribution is -0.144. The summed E-state index contributed by atoms with van der Waals surface area (Å²) < 4.78 is 0. The molecule has 0 aromatic rings. The molecule has 2 fully saturated rings. The number of hydrogen-bond donors (Lipinski definition) is 15. The van der Waals surface area contributed by atoms with Gasteiger partial charge >= 0.3 is 11.9 Å². The van der Waals surface area contributed by atoms with E-state index in [0.717, 1.165) is 6.92 Å². The van der Waals surface area contributed by atoms with Gasteiger partial charge in [0.1, 0.15) is 42.3 Å². The monoisotopic (exact) mass is 999 g/mol. The molecule has 0 aromatic heterocycles. The van der Waals surface area contributed by atoms with Crippen LogP contribution in [0.1, 0.15) is 91.9 Å². The second-order valence-electron chi connectivity index (χ2n) is 17.6. The average molecular weight is 999 g/mol. The second-order valence-corrected chi connectivity index (χ2v) is 17.6. The first-order chi connectivity index (χ1) is 32.8. The van der Waals surface area contributed by atoms with E-state index >= 15 is 0 Å². The summed E-state index contributed by atoms with van der Waals surface area (Å²) in [7, 11) is 0. The van der Waals surface area contributed by atoms with E-state index in [4.69, 9.17) is 11.5 Å². The molecule has 2 aliphatic rings. The number of hydrogen-bond acceptors (Lipinski definition) is 16. The molecular formula is C42H70N12O16. The molecule has 394 valence electrons. The van der Waals surface area contributed by atoms with Crippen molar-refractivity contribution in [1.29, 1.82) is 0 Å². The molecule has 28 nitrogen and oxygen atoms in total. The van der Waals surface area contributed by atoms with Gasteiger partial charge in [-0.3, -0.25) is 52.7 Å². The zero-order valence-corrected chi connectivity index (χ0v) is 39.7. The van der Waals surface area contributed by atoms with E-state index < -0.39 is 164 Å². The predicted octanol–water partition coefficient (Wildman–Crippen LogP) is -6.76. The number of primary amides is 1. The molecule has 70 heavy (non-hydrogen) atoms. The number of aliphatic hydroxyl groups excluding tert-OH is 2. The van der Waals surface area contributed by atoms with Crippen molar-refractivity contribution in [3.63, 3.8) is 0 Å². The van der Waals surface area contributed by atoms with Gasteiger partial charge in [0.15, 0.2) is 0 Å².